The van der Waals surface area contributed by atoms with Crippen LogP contribution in [0.4, 0.5) is 18.9 Å². The van der Waals surface area contributed by atoms with Crippen molar-refractivity contribution in [3.8, 4) is 17.0 Å². The Bertz CT molecular complexity index is 1100. The van der Waals surface area contributed by atoms with Crippen LogP contribution in [0.2, 0.25) is 0 Å². The molecule has 0 saturated carbocycles. The zero-order valence-corrected chi connectivity index (χ0v) is 19.5. The van der Waals surface area contributed by atoms with Gasteiger partial charge in [0.15, 0.2) is 5.16 Å². The number of anilines is 1. The molecule has 6 nitrogen and oxygen atoms in total. The number of hydrogen-bond acceptors (Lipinski definition) is 5. The fourth-order valence-electron chi connectivity index (χ4n) is 3.87. The molecule has 0 bridgehead atoms. The lowest BCUT2D eigenvalue weighted by molar-refractivity contribution is -0.141. The van der Waals surface area contributed by atoms with Crippen LogP contribution < -0.4 is 9.64 Å². The van der Waals surface area contributed by atoms with Crippen molar-refractivity contribution < 1.29 is 22.7 Å². The average Bonchev–Trinajstić information content (AvgIpc) is 3.24. The summed E-state index contributed by atoms with van der Waals surface area (Å²) in [6, 6.07) is 16.6. The maximum Gasteiger partial charge on any atom is 0.406 e. The minimum absolute atomic E-state index is 0.0334. The quantitative estimate of drug-likeness (QED) is 0.455. The monoisotopic (exact) mass is 490 g/mol. The second-order valence-electron chi connectivity index (χ2n) is 7.85. The SMILES string of the molecule is COc1ccc(N2CCN(C(=O)CSc3ncc(-c4ccccc4)n3CC(F)(F)F)CC2)cc1. The Kier molecular flexibility index (Phi) is 7.35. The molecule has 0 spiro atoms. The third-order valence-electron chi connectivity index (χ3n) is 5.62. The second-order valence-corrected chi connectivity index (χ2v) is 8.79. The predicted molar refractivity (Wildman–Crippen MR) is 126 cm³/mol. The standard InChI is InChI=1S/C24H25F3N4O2S/c1-33-20-9-7-19(8-10-20)29-11-13-30(14-12-29)22(32)16-34-23-28-15-21(18-5-3-2-4-6-18)31(23)17-24(25,26)27/h2-10,15H,11-14,16-17H2,1H3. The fourth-order valence-corrected chi connectivity index (χ4v) is 4.75. The molecule has 1 amide bonds. The molecular formula is C24H25F3N4O2S. The molecule has 1 aliphatic rings. The molecule has 0 N–H and O–H groups in total. The van der Waals surface area contributed by atoms with Gasteiger partial charge in [-0.15, -0.1) is 0 Å². The number of rotatable bonds is 7. The first-order valence-corrected chi connectivity index (χ1v) is 11.8. The number of methoxy groups -OCH3 is 1. The number of amides is 1. The molecule has 0 radical (unpaired) electrons. The van der Waals surface area contributed by atoms with E-state index in [1.165, 1.54) is 6.20 Å². The van der Waals surface area contributed by atoms with Crippen molar-refractivity contribution in [1.29, 1.82) is 0 Å². The molecule has 1 aromatic heterocycles. The number of carbonyl (C=O) groups excluding carboxylic acids is 1. The van der Waals surface area contributed by atoms with Gasteiger partial charge in [0.25, 0.3) is 0 Å². The Balaban J connectivity index is 1.38. The van der Waals surface area contributed by atoms with Gasteiger partial charge in [-0.05, 0) is 29.8 Å². The first kappa shape index (κ1) is 24.0. The van der Waals surface area contributed by atoms with Crippen LogP contribution in [-0.4, -0.2) is 65.6 Å². The average molecular weight is 491 g/mol. The van der Waals surface area contributed by atoms with Crippen LogP contribution in [0.1, 0.15) is 0 Å². The van der Waals surface area contributed by atoms with Gasteiger partial charge in [0.05, 0.1) is 24.8 Å². The molecule has 0 unspecified atom stereocenters. The van der Waals surface area contributed by atoms with Gasteiger partial charge in [-0.3, -0.25) is 4.79 Å². The molecule has 2 heterocycles. The maximum atomic E-state index is 13.3. The van der Waals surface area contributed by atoms with Crippen molar-refractivity contribution in [3.63, 3.8) is 0 Å². The Morgan fingerprint density at radius 3 is 2.32 bits per heavy atom. The van der Waals surface area contributed by atoms with Gasteiger partial charge in [0, 0.05) is 31.9 Å². The summed E-state index contributed by atoms with van der Waals surface area (Å²) in [5.41, 5.74) is 2.08. The van der Waals surface area contributed by atoms with Gasteiger partial charge in [0.2, 0.25) is 5.91 Å². The minimum Gasteiger partial charge on any atom is -0.497 e. The van der Waals surface area contributed by atoms with Gasteiger partial charge in [-0.25, -0.2) is 4.98 Å². The van der Waals surface area contributed by atoms with E-state index in [0.717, 1.165) is 27.8 Å². The van der Waals surface area contributed by atoms with Crippen LogP contribution >= 0.6 is 11.8 Å². The van der Waals surface area contributed by atoms with Crippen molar-refractivity contribution in [1.82, 2.24) is 14.5 Å². The van der Waals surface area contributed by atoms with Crippen molar-refractivity contribution in [2.75, 3.05) is 43.9 Å². The number of carbonyl (C=O) groups is 1. The summed E-state index contributed by atoms with van der Waals surface area (Å²) in [6.45, 7) is 1.32. The van der Waals surface area contributed by atoms with E-state index in [2.05, 4.69) is 9.88 Å². The number of imidazole rings is 1. The lowest BCUT2D eigenvalue weighted by atomic mass is 10.2. The number of aromatic nitrogens is 2. The third-order valence-corrected chi connectivity index (χ3v) is 6.60. The lowest BCUT2D eigenvalue weighted by Gasteiger charge is -2.36. The molecule has 34 heavy (non-hydrogen) atoms. The van der Waals surface area contributed by atoms with Crippen LogP contribution in [-0.2, 0) is 11.3 Å². The number of benzene rings is 2. The topological polar surface area (TPSA) is 50.6 Å². The number of halogens is 3. The van der Waals surface area contributed by atoms with E-state index < -0.39 is 12.7 Å². The van der Waals surface area contributed by atoms with Crippen LogP contribution in [0.15, 0.2) is 66.0 Å². The highest BCUT2D eigenvalue weighted by atomic mass is 32.2. The summed E-state index contributed by atoms with van der Waals surface area (Å²) in [5, 5.41) is 0.182. The molecule has 0 aliphatic carbocycles. The van der Waals surface area contributed by atoms with E-state index >= 15 is 0 Å². The number of nitrogens with zero attached hydrogens (tertiary/aromatic N) is 4. The van der Waals surface area contributed by atoms with Crippen molar-refractivity contribution in [2.45, 2.75) is 17.9 Å². The van der Waals surface area contributed by atoms with Crippen LogP contribution in [0.25, 0.3) is 11.3 Å². The largest absolute Gasteiger partial charge is 0.497 e. The van der Waals surface area contributed by atoms with E-state index in [1.807, 2.05) is 24.3 Å². The molecule has 0 atom stereocenters. The van der Waals surface area contributed by atoms with E-state index in [1.54, 1.807) is 42.3 Å². The Labute approximate surface area is 200 Å². The zero-order chi connectivity index (χ0) is 24.1. The van der Waals surface area contributed by atoms with Crippen molar-refractivity contribution >= 4 is 23.4 Å². The van der Waals surface area contributed by atoms with Gasteiger partial charge in [0.1, 0.15) is 12.3 Å². The van der Waals surface area contributed by atoms with Crippen LogP contribution in [0, 0.1) is 0 Å². The second kappa shape index (κ2) is 10.4. The third kappa shape index (κ3) is 5.85. The number of alkyl halides is 3. The minimum atomic E-state index is -4.40. The summed E-state index contributed by atoms with van der Waals surface area (Å²) in [6.07, 6.45) is -2.97. The van der Waals surface area contributed by atoms with Crippen molar-refractivity contribution in [2.24, 2.45) is 0 Å². The molecule has 1 saturated heterocycles. The summed E-state index contributed by atoms with van der Waals surface area (Å²) in [7, 11) is 1.62. The molecule has 3 aromatic rings. The molecule has 180 valence electrons. The Hall–Kier alpha value is -3.14. The number of thioether (sulfide) groups is 1. The van der Waals surface area contributed by atoms with Gasteiger partial charge in [-0.1, -0.05) is 42.1 Å². The summed E-state index contributed by atoms with van der Waals surface area (Å²) < 4.78 is 46.1. The predicted octanol–water partition coefficient (Wildman–Crippen LogP) is 4.56. The molecular weight excluding hydrogens is 465 g/mol. The molecule has 10 heteroatoms. The molecule has 1 fully saturated rings. The normalized spacial score (nSPS) is 14.4. The molecule has 2 aromatic carbocycles. The van der Waals surface area contributed by atoms with E-state index in [9.17, 15) is 18.0 Å². The van der Waals surface area contributed by atoms with E-state index in [4.69, 9.17) is 4.74 Å². The Morgan fingerprint density at radius 2 is 1.71 bits per heavy atom. The summed E-state index contributed by atoms with van der Waals surface area (Å²) >= 11 is 1.04. The molecule has 4 rings (SSSR count). The smallest absolute Gasteiger partial charge is 0.406 e. The summed E-state index contributed by atoms with van der Waals surface area (Å²) in [4.78, 5) is 20.9. The van der Waals surface area contributed by atoms with Gasteiger partial charge >= 0.3 is 6.18 Å². The Morgan fingerprint density at radius 1 is 1.03 bits per heavy atom. The molecule has 1 aliphatic heterocycles. The first-order chi connectivity index (χ1) is 16.3. The lowest BCUT2D eigenvalue weighted by Crippen LogP contribution is -2.49. The number of hydrogen-bond donors (Lipinski definition) is 0. The van der Waals surface area contributed by atoms with Crippen molar-refractivity contribution in [3.05, 3.63) is 60.8 Å². The van der Waals surface area contributed by atoms with Crippen LogP contribution in [0.3, 0.4) is 0 Å². The summed E-state index contributed by atoms with van der Waals surface area (Å²) in [5.74, 6) is 0.710. The highest BCUT2D eigenvalue weighted by molar-refractivity contribution is 7.99. The number of ether oxygens (including phenoxy) is 1. The number of piperazine rings is 1. The zero-order valence-electron chi connectivity index (χ0n) is 18.7. The van der Waals surface area contributed by atoms with Gasteiger partial charge < -0.3 is 19.1 Å². The van der Waals surface area contributed by atoms with Crippen LogP contribution in [0.5, 0.6) is 5.75 Å². The highest BCUT2D eigenvalue weighted by Crippen LogP contribution is 2.30. The maximum absolute atomic E-state index is 13.3. The van der Waals surface area contributed by atoms with E-state index in [0.29, 0.717) is 37.4 Å². The van der Waals surface area contributed by atoms with Gasteiger partial charge in [-0.2, -0.15) is 13.2 Å². The first-order valence-electron chi connectivity index (χ1n) is 10.8. The van der Waals surface area contributed by atoms with E-state index in [-0.39, 0.29) is 16.8 Å². The highest BCUT2D eigenvalue weighted by Gasteiger charge is 2.31. The fraction of sp³-hybridized carbons (Fsp3) is 0.333.